The summed E-state index contributed by atoms with van der Waals surface area (Å²) in [5, 5.41) is 5.42. The highest BCUT2D eigenvalue weighted by molar-refractivity contribution is 7.07. The number of nitrogens with zero attached hydrogens (tertiary/aromatic N) is 2. The average molecular weight is 261 g/mol. The Balaban J connectivity index is 1.50. The molecule has 1 aliphatic rings. The van der Waals surface area contributed by atoms with Crippen molar-refractivity contribution in [3.8, 4) is 5.75 Å². The second kappa shape index (κ2) is 5.46. The van der Waals surface area contributed by atoms with Crippen LogP contribution in [0.3, 0.4) is 0 Å². The number of thiazole rings is 1. The third kappa shape index (κ3) is 3.27. The van der Waals surface area contributed by atoms with Crippen LogP contribution in [0.25, 0.3) is 0 Å². The van der Waals surface area contributed by atoms with Gasteiger partial charge in [-0.05, 0) is 25.0 Å². The maximum absolute atomic E-state index is 5.60. The lowest BCUT2D eigenvalue weighted by atomic mass is 10.3. The Bertz CT molecular complexity index is 479. The lowest BCUT2D eigenvalue weighted by molar-refractivity contribution is 0.300. The van der Waals surface area contributed by atoms with E-state index >= 15 is 0 Å². The third-order valence-electron chi connectivity index (χ3n) is 2.82. The van der Waals surface area contributed by atoms with Crippen molar-refractivity contribution >= 4 is 11.3 Å². The van der Waals surface area contributed by atoms with Crippen molar-refractivity contribution in [2.24, 2.45) is 0 Å². The van der Waals surface area contributed by atoms with Gasteiger partial charge in [-0.25, -0.2) is 4.98 Å². The predicted octanol–water partition coefficient (Wildman–Crippen LogP) is 2.37. The Labute approximate surface area is 110 Å². The van der Waals surface area contributed by atoms with Crippen LogP contribution >= 0.6 is 11.3 Å². The van der Waals surface area contributed by atoms with Crippen molar-refractivity contribution in [2.45, 2.75) is 32.0 Å². The molecule has 1 saturated carbocycles. The highest BCUT2D eigenvalue weighted by Crippen LogP contribution is 2.19. The molecule has 0 atom stereocenters. The summed E-state index contributed by atoms with van der Waals surface area (Å²) < 4.78 is 5.60. The van der Waals surface area contributed by atoms with Gasteiger partial charge in [0.25, 0.3) is 0 Å². The molecule has 3 rings (SSSR count). The van der Waals surface area contributed by atoms with Crippen molar-refractivity contribution in [1.82, 2.24) is 15.3 Å². The molecular weight excluding hydrogens is 246 g/mol. The zero-order valence-electron chi connectivity index (χ0n) is 10.0. The van der Waals surface area contributed by atoms with Gasteiger partial charge >= 0.3 is 0 Å². The van der Waals surface area contributed by atoms with E-state index in [1.807, 2.05) is 23.0 Å². The van der Waals surface area contributed by atoms with Gasteiger partial charge in [0.2, 0.25) is 0 Å². The Morgan fingerprint density at radius 3 is 2.89 bits per heavy atom. The second-order valence-electron chi connectivity index (χ2n) is 4.41. The van der Waals surface area contributed by atoms with Crippen LogP contribution in [0.5, 0.6) is 5.75 Å². The summed E-state index contributed by atoms with van der Waals surface area (Å²) in [5.74, 6) is 0.790. The molecule has 0 radical (unpaired) electrons. The monoisotopic (exact) mass is 261 g/mol. The van der Waals surface area contributed by atoms with Gasteiger partial charge in [0, 0.05) is 18.0 Å². The molecule has 1 aliphatic carbocycles. The fourth-order valence-corrected chi connectivity index (χ4v) is 2.15. The normalized spacial score (nSPS) is 14.7. The molecule has 5 heteroatoms. The molecule has 0 unspecified atom stereocenters. The van der Waals surface area contributed by atoms with E-state index in [0.29, 0.717) is 12.6 Å². The van der Waals surface area contributed by atoms with Crippen LogP contribution in [0.4, 0.5) is 0 Å². The zero-order chi connectivity index (χ0) is 12.2. The van der Waals surface area contributed by atoms with Crippen molar-refractivity contribution in [2.75, 3.05) is 0 Å². The molecule has 0 aliphatic heterocycles. The molecule has 94 valence electrons. The molecule has 2 heterocycles. The molecule has 2 aromatic heterocycles. The number of rotatable bonds is 6. The maximum atomic E-state index is 5.60. The number of aromatic nitrogens is 2. The Morgan fingerprint density at radius 1 is 1.28 bits per heavy atom. The van der Waals surface area contributed by atoms with Crippen LogP contribution in [-0.2, 0) is 13.2 Å². The van der Waals surface area contributed by atoms with Crippen LogP contribution < -0.4 is 10.1 Å². The molecule has 0 saturated heterocycles. The standard InChI is InChI=1S/C13H15N3OS/c1-2-10(1)14-5-11-3-4-13(6-15-11)17-7-12-8-18-9-16-12/h3-4,6,8-10,14H,1-2,5,7H2. The van der Waals surface area contributed by atoms with E-state index < -0.39 is 0 Å². The van der Waals surface area contributed by atoms with Crippen molar-refractivity contribution in [3.63, 3.8) is 0 Å². The van der Waals surface area contributed by atoms with Gasteiger partial charge in [-0.3, -0.25) is 4.98 Å². The first-order valence-corrected chi connectivity index (χ1v) is 7.02. The first-order valence-electron chi connectivity index (χ1n) is 6.08. The van der Waals surface area contributed by atoms with Gasteiger partial charge in [-0.15, -0.1) is 11.3 Å². The molecule has 18 heavy (non-hydrogen) atoms. The number of hydrogen-bond acceptors (Lipinski definition) is 5. The lowest BCUT2D eigenvalue weighted by Gasteiger charge is -2.05. The molecule has 4 nitrogen and oxygen atoms in total. The zero-order valence-corrected chi connectivity index (χ0v) is 10.8. The van der Waals surface area contributed by atoms with Crippen LogP contribution in [0.2, 0.25) is 0 Å². The van der Waals surface area contributed by atoms with Gasteiger partial charge in [0.1, 0.15) is 12.4 Å². The number of ether oxygens (including phenoxy) is 1. The number of nitrogens with one attached hydrogen (secondary N) is 1. The van der Waals surface area contributed by atoms with E-state index in [4.69, 9.17) is 4.74 Å². The summed E-state index contributed by atoms with van der Waals surface area (Å²) >= 11 is 1.58. The summed E-state index contributed by atoms with van der Waals surface area (Å²) in [6.07, 6.45) is 4.37. The highest BCUT2D eigenvalue weighted by atomic mass is 32.1. The van der Waals surface area contributed by atoms with Crippen molar-refractivity contribution in [1.29, 1.82) is 0 Å². The van der Waals surface area contributed by atoms with Crippen LogP contribution in [0.1, 0.15) is 24.2 Å². The van der Waals surface area contributed by atoms with E-state index in [1.165, 1.54) is 12.8 Å². The minimum Gasteiger partial charge on any atom is -0.486 e. The highest BCUT2D eigenvalue weighted by Gasteiger charge is 2.19. The minimum atomic E-state index is 0.505. The van der Waals surface area contributed by atoms with Crippen molar-refractivity contribution < 1.29 is 4.74 Å². The number of hydrogen-bond donors (Lipinski definition) is 1. The van der Waals surface area contributed by atoms with Gasteiger partial charge < -0.3 is 10.1 Å². The molecular formula is C13H15N3OS. The quantitative estimate of drug-likeness (QED) is 0.867. The van der Waals surface area contributed by atoms with Crippen LogP contribution in [-0.4, -0.2) is 16.0 Å². The molecule has 2 aromatic rings. The summed E-state index contributed by atoms with van der Waals surface area (Å²) in [6.45, 7) is 1.35. The van der Waals surface area contributed by atoms with Crippen LogP contribution in [0, 0.1) is 0 Å². The Hall–Kier alpha value is -1.46. The topological polar surface area (TPSA) is 47.0 Å². The van der Waals surface area contributed by atoms with Crippen molar-refractivity contribution in [3.05, 3.63) is 40.6 Å². The predicted molar refractivity (Wildman–Crippen MR) is 70.5 cm³/mol. The third-order valence-corrected chi connectivity index (χ3v) is 3.45. The molecule has 0 amide bonds. The van der Waals surface area contributed by atoms with E-state index in [0.717, 1.165) is 23.7 Å². The SMILES string of the molecule is c1nc(COc2ccc(CNC3CC3)nc2)cs1. The number of pyridine rings is 1. The largest absolute Gasteiger partial charge is 0.486 e. The first kappa shape index (κ1) is 11.6. The Kier molecular flexibility index (Phi) is 3.52. The first-order chi connectivity index (χ1) is 8.90. The summed E-state index contributed by atoms with van der Waals surface area (Å²) in [7, 11) is 0. The molecule has 1 fully saturated rings. The molecule has 0 spiro atoms. The molecule has 1 N–H and O–H groups in total. The summed E-state index contributed by atoms with van der Waals surface area (Å²) in [5.41, 5.74) is 3.83. The smallest absolute Gasteiger partial charge is 0.138 e. The molecule has 0 bridgehead atoms. The lowest BCUT2D eigenvalue weighted by Crippen LogP contribution is -2.16. The van der Waals surface area contributed by atoms with Gasteiger partial charge in [-0.1, -0.05) is 0 Å². The second-order valence-corrected chi connectivity index (χ2v) is 5.13. The summed E-state index contributed by atoms with van der Waals surface area (Å²) in [6, 6.07) is 4.68. The van der Waals surface area contributed by atoms with E-state index in [2.05, 4.69) is 15.3 Å². The van der Waals surface area contributed by atoms with Gasteiger partial charge in [0.05, 0.1) is 23.1 Å². The van der Waals surface area contributed by atoms with E-state index in [-0.39, 0.29) is 0 Å². The van der Waals surface area contributed by atoms with Crippen LogP contribution in [0.15, 0.2) is 29.2 Å². The fraction of sp³-hybridized carbons (Fsp3) is 0.385. The van der Waals surface area contributed by atoms with E-state index in [9.17, 15) is 0 Å². The van der Waals surface area contributed by atoms with E-state index in [1.54, 1.807) is 17.5 Å². The minimum absolute atomic E-state index is 0.505. The fourth-order valence-electron chi connectivity index (χ4n) is 1.60. The van der Waals surface area contributed by atoms with Gasteiger partial charge in [0.15, 0.2) is 0 Å². The average Bonchev–Trinajstić information content (AvgIpc) is 3.09. The summed E-state index contributed by atoms with van der Waals surface area (Å²) in [4.78, 5) is 8.54. The van der Waals surface area contributed by atoms with Gasteiger partial charge in [-0.2, -0.15) is 0 Å². The Morgan fingerprint density at radius 2 is 2.22 bits per heavy atom. The maximum Gasteiger partial charge on any atom is 0.138 e. The molecule has 0 aromatic carbocycles.